The van der Waals surface area contributed by atoms with Gasteiger partial charge in [0.2, 0.25) is 0 Å². The van der Waals surface area contributed by atoms with Crippen LogP contribution < -0.4 is 0 Å². The van der Waals surface area contributed by atoms with Gasteiger partial charge in [-0.1, -0.05) is 24.3 Å². The van der Waals surface area contributed by atoms with Crippen LogP contribution in [-0.2, 0) is 4.74 Å². The molecule has 3 nitrogen and oxygen atoms in total. The first kappa shape index (κ1) is 14.3. The van der Waals surface area contributed by atoms with Gasteiger partial charge in [0.25, 0.3) is 0 Å². The second-order valence-electron chi connectivity index (χ2n) is 5.76. The van der Waals surface area contributed by atoms with Crippen LogP contribution >= 0.6 is 0 Å². The van der Waals surface area contributed by atoms with E-state index in [0.717, 1.165) is 10.8 Å². The molecule has 0 aliphatic carbocycles. The van der Waals surface area contributed by atoms with Crippen LogP contribution in [-0.4, -0.2) is 17.4 Å². The minimum absolute atomic E-state index is 0.0167. The summed E-state index contributed by atoms with van der Waals surface area (Å²) in [4.78, 5) is 23.9. The Morgan fingerprint density at radius 3 is 1.90 bits per heavy atom. The molecule has 3 heteroatoms. The highest BCUT2D eigenvalue weighted by Gasteiger charge is 2.20. The number of carbonyl (C=O) groups is 2. The van der Waals surface area contributed by atoms with Gasteiger partial charge in [0, 0.05) is 5.56 Å². The van der Waals surface area contributed by atoms with E-state index in [1.807, 2.05) is 45.0 Å². The average molecular weight is 270 g/mol. The van der Waals surface area contributed by atoms with Gasteiger partial charge in [-0.05, 0) is 50.6 Å². The number of Topliss-reactive ketones (excluding diaryl/α,β-unsaturated/α-hetero) is 1. The molecule has 0 amide bonds. The minimum Gasteiger partial charge on any atom is -0.456 e. The third kappa shape index (κ3) is 2.87. The maximum Gasteiger partial charge on any atom is 0.339 e. The molecule has 0 saturated carbocycles. The Morgan fingerprint density at radius 1 is 0.900 bits per heavy atom. The van der Waals surface area contributed by atoms with Crippen LogP contribution in [0.15, 0.2) is 36.4 Å². The van der Waals surface area contributed by atoms with E-state index < -0.39 is 5.60 Å². The molecule has 0 spiro atoms. The highest BCUT2D eigenvalue weighted by Crippen LogP contribution is 2.25. The predicted molar refractivity (Wildman–Crippen MR) is 79.1 cm³/mol. The normalized spacial score (nSPS) is 11.4. The molecule has 20 heavy (non-hydrogen) atoms. The van der Waals surface area contributed by atoms with Crippen LogP contribution in [0.2, 0.25) is 0 Å². The number of benzene rings is 2. The Bertz CT molecular complexity index is 678. The molecule has 2 rings (SSSR count). The van der Waals surface area contributed by atoms with Crippen LogP contribution in [0.25, 0.3) is 10.8 Å². The SMILES string of the molecule is CC(=O)c1ccc(C(=O)OC(C)(C)C)c2ccccc12. The van der Waals surface area contributed by atoms with Crippen LogP contribution in [0.5, 0.6) is 0 Å². The molecule has 2 aromatic rings. The zero-order valence-electron chi connectivity index (χ0n) is 12.2. The van der Waals surface area contributed by atoms with Gasteiger partial charge in [0.1, 0.15) is 5.60 Å². The molecule has 2 aromatic carbocycles. The Balaban J connectivity index is 2.59. The first-order chi connectivity index (χ1) is 9.29. The van der Waals surface area contributed by atoms with Crippen molar-refractivity contribution in [2.24, 2.45) is 0 Å². The summed E-state index contributed by atoms with van der Waals surface area (Å²) in [5.41, 5.74) is 0.561. The summed E-state index contributed by atoms with van der Waals surface area (Å²) >= 11 is 0. The van der Waals surface area contributed by atoms with Crippen molar-refractivity contribution in [3.05, 3.63) is 47.5 Å². The Kier molecular flexibility index (Phi) is 3.62. The van der Waals surface area contributed by atoms with Crippen LogP contribution in [0.1, 0.15) is 48.4 Å². The fraction of sp³-hybridized carbons (Fsp3) is 0.294. The average Bonchev–Trinajstić information content (AvgIpc) is 2.35. The van der Waals surface area contributed by atoms with Gasteiger partial charge in [0.15, 0.2) is 5.78 Å². The van der Waals surface area contributed by atoms with Crippen LogP contribution in [0, 0.1) is 0 Å². The number of rotatable bonds is 2. The molecule has 0 aromatic heterocycles. The number of ether oxygens (including phenoxy) is 1. The van der Waals surface area contributed by atoms with E-state index in [0.29, 0.717) is 11.1 Å². The predicted octanol–water partition coefficient (Wildman–Crippen LogP) is 4.00. The second-order valence-corrected chi connectivity index (χ2v) is 5.76. The summed E-state index contributed by atoms with van der Waals surface area (Å²) in [5.74, 6) is -0.388. The number of esters is 1. The largest absolute Gasteiger partial charge is 0.456 e. The quantitative estimate of drug-likeness (QED) is 0.612. The van der Waals surface area contributed by atoms with Crippen molar-refractivity contribution < 1.29 is 14.3 Å². The second kappa shape index (κ2) is 5.08. The number of carbonyl (C=O) groups excluding carboxylic acids is 2. The minimum atomic E-state index is -0.544. The van der Waals surface area contributed by atoms with Gasteiger partial charge < -0.3 is 4.74 Å². The lowest BCUT2D eigenvalue weighted by atomic mass is 9.97. The van der Waals surface area contributed by atoms with Gasteiger partial charge in [-0.2, -0.15) is 0 Å². The fourth-order valence-electron chi connectivity index (χ4n) is 2.12. The molecule has 0 aliphatic heterocycles. The summed E-state index contributed by atoms with van der Waals surface area (Å²) in [6.07, 6.45) is 0. The maximum atomic E-state index is 12.2. The van der Waals surface area contributed by atoms with Crippen molar-refractivity contribution in [1.82, 2.24) is 0 Å². The number of hydrogen-bond donors (Lipinski definition) is 0. The smallest absolute Gasteiger partial charge is 0.339 e. The Labute approximate surface area is 118 Å². The molecule has 0 bridgehead atoms. The van der Waals surface area contributed by atoms with Gasteiger partial charge in [-0.15, -0.1) is 0 Å². The van der Waals surface area contributed by atoms with E-state index in [1.165, 1.54) is 6.92 Å². The van der Waals surface area contributed by atoms with Gasteiger partial charge >= 0.3 is 5.97 Å². The summed E-state index contributed by atoms with van der Waals surface area (Å²) in [6, 6.07) is 10.7. The van der Waals surface area contributed by atoms with Crippen LogP contribution in [0.4, 0.5) is 0 Å². The van der Waals surface area contributed by atoms with Gasteiger partial charge in [-0.25, -0.2) is 4.79 Å². The number of ketones is 1. The highest BCUT2D eigenvalue weighted by atomic mass is 16.6. The fourth-order valence-corrected chi connectivity index (χ4v) is 2.12. The van der Waals surface area contributed by atoms with Crippen molar-refractivity contribution >= 4 is 22.5 Å². The summed E-state index contributed by atoms with van der Waals surface area (Å²) in [7, 11) is 0. The molecule has 0 heterocycles. The zero-order valence-corrected chi connectivity index (χ0v) is 12.2. The van der Waals surface area contributed by atoms with Crippen molar-refractivity contribution in [2.75, 3.05) is 0 Å². The molecular weight excluding hydrogens is 252 g/mol. The lowest BCUT2D eigenvalue weighted by Gasteiger charge is -2.20. The van der Waals surface area contributed by atoms with E-state index in [9.17, 15) is 9.59 Å². The summed E-state index contributed by atoms with van der Waals surface area (Å²) < 4.78 is 5.41. The summed E-state index contributed by atoms with van der Waals surface area (Å²) in [5, 5.41) is 1.53. The molecular formula is C17H18O3. The standard InChI is InChI=1S/C17H18O3/c1-11(18)12-9-10-15(16(19)20-17(2,3)4)14-8-6-5-7-13(12)14/h5-10H,1-4H3. The third-order valence-electron chi connectivity index (χ3n) is 2.92. The lowest BCUT2D eigenvalue weighted by molar-refractivity contribution is 0.00717. The molecule has 0 saturated heterocycles. The molecule has 0 atom stereocenters. The third-order valence-corrected chi connectivity index (χ3v) is 2.92. The van der Waals surface area contributed by atoms with E-state index >= 15 is 0 Å². The molecule has 104 valence electrons. The van der Waals surface area contributed by atoms with Crippen molar-refractivity contribution in [3.8, 4) is 0 Å². The maximum absolute atomic E-state index is 12.2. The summed E-state index contributed by atoms with van der Waals surface area (Å²) in [6.45, 7) is 7.01. The highest BCUT2D eigenvalue weighted by molar-refractivity contribution is 6.13. The monoisotopic (exact) mass is 270 g/mol. The molecule has 0 N–H and O–H groups in total. The molecule has 0 fully saturated rings. The van der Waals surface area contributed by atoms with Gasteiger partial charge in [-0.3, -0.25) is 4.79 Å². The molecule has 0 aliphatic rings. The zero-order chi connectivity index (χ0) is 14.9. The van der Waals surface area contributed by atoms with Crippen molar-refractivity contribution in [3.63, 3.8) is 0 Å². The van der Waals surface area contributed by atoms with Crippen LogP contribution in [0.3, 0.4) is 0 Å². The first-order valence-electron chi connectivity index (χ1n) is 6.55. The van der Waals surface area contributed by atoms with Crippen molar-refractivity contribution in [2.45, 2.75) is 33.3 Å². The topological polar surface area (TPSA) is 43.4 Å². The van der Waals surface area contributed by atoms with Gasteiger partial charge in [0.05, 0.1) is 5.56 Å². The van der Waals surface area contributed by atoms with E-state index in [4.69, 9.17) is 4.74 Å². The number of hydrogen-bond acceptors (Lipinski definition) is 3. The first-order valence-corrected chi connectivity index (χ1v) is 6.55. The van der Waals surface area contributed by atoms with E-state index in [2.05, 4.69) is 0 Å². The van der Waals surface area contributed by atoms with E-state index in [-0.39, 0.29) is 11.8 Å². The van der Waals surface area contributed by atoms with E-state index in [1.54, 1.807) is 12.1 Å². The molecule has 0 radical (unpaired) electrons. The Hall–Kier alpha value is -2.16. The molecule has 0 unspecified atom stereocenters. The lowest BCUT2D eigenvalue weighted by Crippen LogP contribution is -2.24. The Morgan fingerprint density at radius 2 is 1.40 bits per heavy atom. The van der Waals surface area contributed by atoms with Crippen molar-refractivity contribution in [1.29, 1.82) is 0 Å². The number of fused-ring (bicyclic) bond motifs is 1.